The molecule has 0 saturated heterocycles. The maximum absolute atomic E-state index is 11.4. The minimum Gasteiger partial charge on any atom is -0.269 e. The summed E-state index contributed by atoms with van der Waals surface area (Å²) < 4.78 is 27.4. The summed E-state index contributed by atoms with van der Waals surface area (Å²) in [4.78, 5) is 0. The van der Waals surface area contributed by atoms with E-state index in [0.717, 1.165) is 25.7 Å². The summed E-state index contributed by atoms with van der Waals surface area (Å²) in [5, 5.41) is 3.47. The highest BCUT2D eigenvalue weighted by molar-refractivity contribution is 7.86. The minimum atomic E-state index is -3.46. The van der Waals surface area contributed by atoms with Crippen molar-refractivity contribution in [1.29, 1.82) is 0 Å². The fourth-order valence-corrected chi connectivity index (χ4v) is 2.55. The molecule has 4 nitrogen and oxygen atoms in total. The molecule has 5 heteroatoms. The van der Waals surface area contributed by atoms with E-state index >= 15 is 0 Å². The lowest BCUT2D eigenvalue weighted by Crippen LogP contribution is -2.07. The molecule has 0 radical (unpaired) electrons. The molecule has 19 heavy (non-hydrogen) atoms. The third-order valence-corrected chi connectivity index (χ3v) is 4.00. The maximum Gasteiger partial charge on any atom is 0.328 e. The van der Waals surface area contributed by atoms with Crippen LogP contribution in [0.5, 0.6) is 0 Å². The minimum absolute atomic E-state index is 0.0748. The number of nitrogens with zero attached hydrogens (tertiary/aromatic N) is 1. The first kappa shape index (κ1) is 18.4. The van der Waals surface area contributed by atoms with Gasteiger partial charge in [0.1, 0.15) is 0 Å². The Morgan fingerprint density at radius 1 is 0.895 bits per heavy atom. The van der Waals surface area contributed by atoms with Gasteiger partial charge in [0.2, 0.25) is 0 Å². The summed E-state index contributed by atoms with van der Waals surface area (Å²) in [5.41, 5.74) is 0. The summed E-state index contributed by atoms with van der Waals surface area (Å²) in [5.74, 6) is 0.0748. The molecule has 0 amide bonds. The fraction of sp³-hybridized carbons (Fsp3) is 0.929. The van der Waals surface area contributed by atoms with Crippen LogP contribution in [0.1, 0.15) is 78.1 Å². The number of rotatable bonds is 13. The van der Waals surface area contributed by atoms with E-state index in [-0.39, 0.29) is 5.75 Å². The van der Waals surface area contributed by atoms with Crippen LogP contribution < -0.4 is 0 Å². The topological polar surface area (TPSA) is 55.7 Å². The molecule has 0 fully saturated rings. The van der Waals surface area contributed by atoms with Crippen molar-refractivity contribution in [3.8, 4) is 0 Å². The van der Waals surface area contributed by atoms with E-state index in [1.165, 1.54) is 38.3 Å². The summed E-state index contributed by atoms with van der Waals surface area (Å²) in [6, 6.07) is 0. The molecule has 0 aromatic rings. The van der Waals surface area contributed by atoms with E-state index in [9.17, 15) is 8.42 Å². The first-order valence-corrected chi connectivity index (χ1v) is 9.13. The normalized spacial score (nSPS) is 12.1. The Labute approximate surface area is 118 Å². The van der Waals surface area contributed by atoms with Crippen LogP contribution in [0.15, 0.2) is 5.16 Å². The molecule has 0 bridgehead atoms. The van der Waals surface area contributed by atoms with Gasteiger partial charge in [-0.05, 0) is 12.8 Å². The average Bonchev–Trinajstić information content (AvgIpc) is 2.38. The van der Waals surface area contributed by atoms with Crippen LogP contribution in [0, 0.1) is 0 Å². The molecule has 114 valence electrons. The second-order valence-electron chi connectivity index (χ2n) is 4.89. The van der Waals surface area contributed by atoms with E-state index < -0.39 is 10.1 Å². The van der Waals surface area contributed by atoms with Gasteiger partial charge in [0.15, 0.2) is 0 Å². The molecule has 0 saturated carbocycles. The summed E-state index contributed by atoms with van der Waals surface area (Å²) in [6.07, 6.45) is 12.2. The Bertz CT molecular complexity index is 313. The Kier molecular flexibility index (Phi) is 12.1. The zero-order chi connectivity index (χ0) is 14.4. The molecule has 0 N–H and O–H groups in total. The number of hydrogen-bond donors (Lipinski definition) is 0. The highest BCUT2D eigenvalue weighted by Crippen LogP contribution is 2.09. The van der Waals surface area contributed by atoms with Gasteiger partial charge >= 0.3 is 10.1 Å². The highest BCUT2D eigenvalue weighted by Gasteiger charge is 2.10. The quantitative estimate of drug-likeness (QED) is 0.289. The van der Waals surface area contributed by atoms with Crippen LogP contribution in [-0.4, -0.2) is 20.4 Å². The Balaban J connectivity index is 3.48. The molecule has 0 aromatic carbocycles. The molecule has 0 spiro atoms. The predicted octanol–water partition coefficient (Wildman–Crippen LogP) is 4.26. The lowest BCUT2D eigenvalue weighted by atomic mass is 10.1. The van der Waals surface area contributed by atoms with Gasteiger partial charge in [-0.15, -0.1) is 0 Å². The summed E-state index contributed by atoms with van der Waals surface area (Å²) in [6.45, 7) is 4.20. The summed E-state index contributed by atoms with van der Waals surface area (Å²) >= 11 is 0. The Morgan fingerprint density at radius 3 is 2.05 bits per heavy atom. The van der Waals surface area contributed by atoms with Crippen molar-refractivity contribution in [1.82, 2.24) is 0 Å². The van der Waals surface area contributed by atoms with Crippen LogP contribution in [0.4, 0.5) is 0 Å². The van der Waals surface area contributed by atoms with Crippen molar-refractivity contribution < 1.29 is 12.7 Å². The standard InChI is InChI=1S/C14H29NO3S/c1-3-5-7-8-9-10-11-12-14-19(16,17)18-15-13-6-4-2/h13H,3-12,14H2,1-2H3. The molecule has 0 rings (SSSR count). The third kappa shape index (κ3) is 13.6. The highest BCUT2D eigenvalue weighted by atomic mass is 32.2. The van der Waals surface area contributed by atoms with Crippen molar-refractivity contribution in [3.63, 3.8) is 0 Å². The van der Waals surface area contributed by atoms with Crippen LogP contribution in [0.2, 0.25) is 0 Å². The first-order chi connectivity index (χ1) is 9.12. The van der Waals surface area contributed by atoms with E-state index in [0.29, 0.717) is 6.42 Å². The lowest BCUT2D eigenvalue weighted by Gasteiger charge is -2.02. The molecule has 0 aliphatic heterocycles. The molecule has 0 aromatic heterocycles. The zero-order valence-electron chi connectivity index (χ0n) is 12.4. The molecular formula is C14H29NO3S. The summed E-state index contributed by atoms with van der Waals surface area (Å²) in [7, 11) is -3.46. The van der Waals surface area contributed by atoms with E-state index in [2.05, 4.69) is 16.4 Å². The van der Waals surface area contributed by atoms with Gasteiger partial charge in [0, 0.05) is 6.21 Å². The smallest absolute Gasteiger partial charge is 0.269 e. The second-order valence-corrected chi connectivity index (χ2v) is 6.56. The van der Waals surface area contributed by atoms with Gasteiger partial charge in [-0.3, -0.25) is 4.28 Å². The van der Waals surface area contributed by atoms with Gasteiger partial charge < -0.3 is 0 Å². The molecule has 0 unspecified atom stereocenters. The number of oxime groups is 1. The van der Waals surface area contributed by atoms with Crippen LogP contribution in [-0.2, 0) is 14.4 Å². The molecule has 0 aliphatic rings. The maximum atomic E-state index is 11.4. The SMILES string of the molecule is CCCC=NOS(=O)(=O)CCCCCCCCCC. The molecule has 0 aliphatic carbocycles. The fourth-order valence-electron chi connectivity index (χ4n) is 1.73. The van der Waals surface area contributed by atoms with Gasteiger partial charge in [-0.2, -0.15) is 8.42 Å². The lowest BCUT2D eigenvalue weighted by molar-refractivity contribution is 0.338. The number of unbranched alkanes of at least 4 members (excludes halogenated alkanes) is 8. The van der Waals surface area contributed by atoms with Gasteiger partial charge in [0.25, 0.3) is 0 Å². The monoisotopic (exact) mass is 291 g/mol. The van der Waals surface area contributed by atoms with Crippen molar-refractivity contribution in [2.24, 2.45) is 5.16 Å². The number of hydrogen-bond acceptors (Lipinski definition) is 4. The van der Waals surface area contributed by atoms with Crippen molar-refractivity contribution in [2.45, 2.75) is 78.1 Å². The van der Waals surface area contributed by atoms with Crippen LogP contribution >= 0.6 is 0 Å². The molecule has 0 heterocycles. The van der Waals surface area contributed by atoms with Gasteiger partial charge in [0.05, 0.1) is 5.75 Å². The Morgan fingerprint density at radius 2 is 1.47 bits per heavy atom. The van der Waals surface area contributed by atoms with E-state index in [1.54, 1.807) is 0 Å². The van der Waals surface area contributed by atoms with Gasteiger partial charge in [-0.25, -0.2) is 0 Å². The zero-order valence-corrected chi connectivity index (χ0v) is 13.3. The van der Waals surface area contributed by atoms with Crippen LogP contribution in [0.25, 0.3) is 0 Å². The van der Waals surface area contributed by atoms with E-state index in [4.69, 9.17) is 0 Å². The molecule has 0 atom stereocenters. The van der Waals surface area contributed by atoms with Gasteiger partial charge in [-0.1, -0.05) is 70.4 Å². The second kappa shape index (κ2) is 12.5. The van der Waals surface area contributed by atoms with Crippen molar-refractivity contribution in [2.75, 3.05) is 5.75 Å². The van der Waals surface area contributed by atoms with Crippen molar-refractivity contribution in [3.05, 3.63) is 0 Å². The first-order valence-electron chi connectivity index (χ1n) is 7.55. The predicted molar refractivity (Wildman–Crippen MR) is 80.9 cm³/mol. The average molecular weight is 291 g/mol. The Hall–Kier alpha value is -0.580. The third-order valence-electron chi connectivity index (χ3n) is 2.90. The largest absolute Gasteiger partial charge is 0.328 e. The van der Waals surface area contributed by atoms with Crippen LogP contribution in [0.3, 0.4) is 0 Å². The molecular weight excluding hydrogens is 262 g/mol. The van der Waals surface area contributed by atoms with Crippen molar-refractivity contribution >= 4 is 16.3 Å². The van der Waals surface area contributed by atoms with E-state index in [1.807, 2.05) is 6.92 Å².